The first-order valence-corrected chi connectivity index (χ1v) is 7.76. The molecule has 0 atom stereocenters. The number of hydrogen-bond donors (Lipinski definition) is 1. The normalized spacial score (nSPS) is 10.5. The lowest BCUT2D eigenvalue weighted by atomic mass is 10.1. The fourth-order valence-corrected chi connectivity index (χ4v) is 2.53. The predicted molar refractivity (Wildman–Crippen MR) is 87.9 cm³/mol. The number of carbonyl (C=O) groups excluding carboxylic acids is 1. The quantitative estimate of drug-likeness (QED) is 0.828. The molecule has 1 amide bonds. The molecule has 0 spiro atoms. The standard InChI is InChI=1S/C17H16Cl2FNO/c18-15-6-2-4-13(17(15)19)7-8-16(22)21-10-9-12-3-1-5-14(20)11-12/h1-6,11H,7-10H2,(H,21,22). The summed E-state index contributed by atoms with van der Waals surface area (Å²) < 4.78 is 13.0. The van der Waals surface area contributed by atoms with Crippen molar-refractivity contribution >= 4 is 29.1 Å². The van der Waals surface area contributed by atoms with Crippen molar-refractivity contribution in [2.75, 3.05) is 6.54 Å². The highest BCUT2D eigenvalue weighted by atomic mass is 35.5. The van der Waals surface area contributed by atoms with Crippen LogP contribution in [0.1, 0.15) is 17.5 Å². The Bertz CT molecular complexity index is 661. The molecular formula is C17H16Cl2FNO. The number of benzene rings is 2. The first kappa shape index (κ1) is 16.8. The van der Waals surface area contributed by atoms with E-state index >= 15 is 0 Å². The van der Waals surface area contributed by atoms with Gasteiger partial charge in [0.25, 0.3) is 0 Å². The fraction of sp³-hybridized carbons (Fsp3) is 0.235. The van der Waals surface area contributed by atoms with Gasteiger partial charge in [-0.05, 0) is 42.2 Å². The lowest BCUT2D eigenvalue weighted by Crippen LogP contribution is -2.25. The van der Waals surface area contributed by atoms with E-state index in [1.54, 1.807) is 12.1 Å². The summed E-state index contributed by atoms with van der Waals surface area (Å²) in [5.74, 6) is -0.327. The maximum atomic E-state index is 13.0. The van der Waals surface area contributed by atoms with Gasteiger partial charge in [-0.2, -0.15) is 0 Å². The van der Waals surface area contributed by atoms with Crippen LogP contribution >= 0.6 is 23.2 Å². The molecule has 0 saturated heterocycles. The summed E-state index contributed by atoms with van der Waals surface area (Å²) >= 11 is 12.0. The van der Waals surface area contributed by atoms with Crippen molar-refractivity contribution in [1.82, 2.24) is 5.32 Å². The second-order valence-corrected chi connectivity index (χ2v) is 5.73. The topological polar surface area (TPSA) is 29.1 Å². The summed E-state index contributed by atoms with van der Waals surface area (Å²) in [6, 6.07) is 11.7. The van der Waals surface area contributed by atoms with E-state index in [4.69, 9.17) is 23.2 Å². The highest BCUT2D eigenvalue weighted by molar-refractivity contribution is 6.42. The van der Waals surface area contributed by atoms with Crippen LogP contribution in [-0.2, 0) is 17.6 Å². The van der Waals surface area contributed by atoms with Crippen LogP contribution in [-0.4, -0.2) is 12.5 Å². The number of carbonyl (C=O) groups is 1. The third-order valence-corrected chi connectivity index (χ3v) is 4.14. The van der Waals surface area contributed by atoms with E-state index in [9.17, 15) is 9.18 Å². The van der Waals surface area contributed by atoms with Gasteiger partial charge < -0.3 is 5.32 Å². The molecule has 2 nitrogen and oxygen atoms in total. The molecule has 0 bridgehead atoms. The van der Waals surface area contributed by atoms with Crippen LogP contribution in [0.15, 0.2) is 42.5 Å². The van der Waals surface area contributed by atoms with Gasteiger partial charge >= 0.3 is 0 Å². The minimum Gasteiger partial charge on any atom is -0.356 e. The van der Waals surface area contributed by atoms with Crippen LogP contribution in [0.2, 0.25) is 10.0 Å². The zero-order valence-corrected chi connectivity index (χ0v) is 13.4. The lowest BCUT2D eigenvalue weighted by molar-refractivity contribution is -0.121. The van der Waals surface area contributed by atoms with Crippen molar-refractivity contribution in [2.45, 2.75) is 19.3 Å². The molecule has 2 rings (SSSR count). The molecule has 22 heavy (non-hydrogen) atoms. The Morgan fingerprint density at radius 1 is 1.09 bits per heavy atom. The van der Waals surface area contributed by atoms with Gasteiger partial charge in [0, 0.05) is 13.0 Å². The van der Waals surface area contributed by atoms with Crippen LogP contribution in [0.5, 0.6) is 0 Å². The first-order valence-electron chi connectivity index (χ1n) is 7.00. The molecule has 0 aliphatic heterocycles. The number of rotatable bonds is 6. The van der Waals surface area contributed by atoms with Gasteiger partial charge in [-0.25, -0.2) is 4.39 Å². The average molecular weight is 340 g/mol. The maximum absolute atomic E-state index is 13.0. The largest absolute Gasteiger partial charge is 0.356 e. The molecule has 0 heterocycles. The molecule has 0 fully saturated rings. The summed E-state index contributed by atoms with van der Waals surface area (Å²) in [5.41, 5.74) is 1.72. The van der Waals surface area contributed by atoms with Gasteiger partial charge in [0.15, 0.2) is 0 Å². The van der Waals surface area contributed by atoms with E-state index in [1.165, 1.54) is 12.1 Å². The number of amides is 1. The van der Waals surface area contributed by atoms with E-state index in [0.29, 0.717) is 35.9 Å². The molecule has 0 saturated carbocycles. The molecule has 1 N–H and O–H groups in total. The minimum atomic E-state index is -0.264. The number of hydrogen-bond acceptors (Lipinski definition) is 1. The van der Waals surface area contributed by atoms with Crippen molar-refractivity contribution < 1.29 is 9.18 Å². The number of nitrogens with one attached hydrogen (secondary N) is 1. The number of aryl methyl sites for hydroxylation is 1. The van der Waals surface area contributed by atoms with Gasteiger partial charge in [0.05, 0.1) is 10.0 Å². The molecule has 2 aromatic carbocycles. The monoisotopic (exact) mass is 339 g/mol. The zero-order valence-electron chi connectivity index (χ0n) is 11.9. The van der Waals surface area contributed by atoms with Gasteiger partial charge in [0.2, 0.25) is 5.91 Å². The summed E-state index contributed by atoms with van der Waals surface area (Å²) in [7, 11) is 0. The second kappa shape index (κ2) is 8.16. The Hall–Kier alpha value is -1.58. The summed E-state index contributed by atoms with van der Waals surface area (Å²) in [6.07, 6.45) is 1.47. The van der Waals surface area contributed by atoms with E-state index in [0.717, 1.165) is 11.1 Å². The van der Waals surface area contributed by atoms with Crippen LogP contribution in [0.3, 0.4) is 0 Å². The molecule has 5 heteroatoms. The predicted octanol–water partition coefficient (Wildman–Crippen LogP) is 4.42. The van der Waals surface area contributed by atoms with Crippen LogP contribution in [0.4, 0.5) is 4.39 Å². The van der Waals surface area contributed by atoms with Gasteiger partial charge in [-0.15, -0.1) is 0 Å². The first-order chi connectivity index (χ1) is 10.6. The highest BCUT2D eigenvalue weighted by Gasteiger charge is 2.07. The Morgan fingerprint density at radius 3 is 2.64 bits per heavy atom. The minimum absolute atomic E-state index is 0.0626. The molecule has 0 aromatic heterocycles. The molecule has 0 aliphatic carbocycles. The van der Waals surface area contributed by atoms with Crippen LogP contribution in [0.25, 0.3) is 0 Å². The third kappa shape index (κ3) is 5.00. The number of halogens is 3. The van der Waals surface area contributed by atoms with Crippen molar-refractivity contribution in [3.63, 3.8) is 0 Å². The Morgan fingerprint density at radius 2 is 1.86 bits per heavy atom. The van der Waals surface area contributed by atoms with Gasteiger partial charge in [-0.3, -0.25) is 4.79 Å². The average Bonchev–Trinajstić information content (AvgIpc) is 2.49. The van der Waals surface area contributed by atoms with Crippen LogP contribution in [0, 0.1) is 5.82 Å². The Balaban J connectivity index is 1.75. The summed E-state index contributed by atoms with van der Waals surface area (Å²) in [4.78, 5) is 11.8. The molecule has 116 valence electrons. The molecular weight excluding hydrogens is 324 g/mol. The summed E-state index contributed by atoms with van der Waals surface area (Å²) in [5, 5.41) is 3.81. The zero-order chi connectivity index (χ0) is 15.9. The van der Waals surface area contributed by atoms with E-state index in [1.807, 2.05) is 18.2 Å². The van der Waals surface area contributed by atoms with Gasteiger partial charge in [-0.1, -0.05) is 47.5 Å². The molecule has 0 unspecified atom stereocenters. The van der Waals surface area contributed by atoms with Crippen molar-refractivity contribution in [1.29, 1.82) is 0 Å². The highest BCUT2D eigenvalue weighted by Crippen LogP contribution is 2.26. The molecule has 0 radical (unpaired) electrons. The Labute approximate surface area is 139 Å². The maximum Gasteiger partial charge on any atom is 0.220 e. The Kier molecular flexibility index (Phi) is 6.22. The third-order valence-electron chi connectivity index (χ3n) is 3.28. The van der Waals surface area contributed by atoms with E-state index < -0.39 is 0 Å². The van der Waals surface area contributed by atoms with Crippen molar-refractivity contribution in [3.8, 4) is 0 Å². The lowest BCUT2D eigenvalue weighted by Gasteiger charge is -2.07. The second-order valence-electron chi connectivity index (χ2n) is 4.94. The van der Waals surface area contributed by atoms with Crippen molar-refractivity contribution in [2.24, 2.45) is 0 Å². The smallest absolute Gasteiger partial charge is 0.220 e. The summed E-state index contributed by atoms with van der Waals surface area (Å²) in [6.45, 7) is 0.478. The van der Waals surface area contributed by atoms with Gasteiger partial charge in [0.1, 0.15) is 5.82 Å². The molecule has 0 aliphatic rings. The van der Waals surface area contributed by atoms with E-state index in [-0.39, 0.29) is 11.7 Å². The molecule has 2 aromatic rings. The van der Waals surface area contributed by atoms with Crippen molar-refractivity contribution in [3.05, 3.63) is 69.5 Å². The van der Waals surface area contributed by atoms with E-state index in [2.05, 4.69) is 5.32 Å². The van der Waals surface area contributed by atoms with Crippen LogP contribution < -0.4 is 5.32 Å². The SMILES string of the molecule is O=C(CCc1cccc(Cl)c1Cl)NCCc1cccc(F)c1. The fourth-order valence-electron chi connectivity index (χ4n) is 2.12.